The maximum absolute atomic E-state index is 12.1. The van der Waals surface area contributed by atoms with Crippen molar-refractivity contribution in [2.75, 3.05) is 24.4 Å². The van der Waals surface area contributed by atoms with Gasteiger partial charge in [0.2, 0.25) is 0 Å². The molecular formula is C17H17NO5S2. The summed E-state index contributed by atoms with van der Waals surface area (Å²) in [5.41, 5.74) is 0.704. The molecule has 132 valence electrons. The number of benzene rings is 2. The van der Waals surface area contributed by atoms with E-state index in [1.807, 2.05) is 12.3 Å². The number of carbonyl (C=O) groups is 2. The predicted octanol–water partition coefficient (Wildman–Crippen LogP) is 2.61. The number of hydrogen-bond donors (Lipinski definition) is 1. The summed E-state index contributed by atoms with van der Waals surface area (Å²) in [7, 11) is -3.37. The predicted molar refractivity (Wildman–Crippen MR) is 96.7 cm³/mol. The summed E-state index contributed by atoms with van der Waals surface area (Å²) in [5, 5.41) is 2.50. The van der Waals surface area contributed by atoms with Gasteiger partial charge in [-0.3, -0.25) is 4.79 Å². The van der Waals surface area contributed by atoms with Crippen LogP contribution in [0.5, 0.6) is 0 Å². The zero-order valence-electron chi connectivity index (χ0n) is 13.7. The average Bonchev–Trinajstić information content (AvgIpc) is 2.59. The van der Waals surface area contributed by atoms with E-state index >= 15 is 0 Å². The third kappa shape index (κ3) is 5.33. The molecule has 8 heteroatoms. The van der Waals surface area contributed by atoms with Crippen LogP contribution in [0.1, 0.15) is 10.4 Å². The van der Waals surface area contributed by atoms with Gasteiger partial charge in [-0.2, -0.15) is 0 Å². The number of carbonyl (C=O) groups excluding carboxylic acids is 2. The Morgan fingerprint density at radius 3 is 2.52 bits per heavy atom. The van der Waals surface area contributed by atoms with Crippen LogP contribution in [0.2, 0.25) is 0 Å². The molecule has 0 aromatic heterocycles. The highest BCUT2D eigenvalue weighted by Crippen LogP contribution is 2.20. The third-order valence-electron chi connectivity index (χ3n) is 3.21. The fraction of sp³-hybridized carbons (Fsp3) is 0.176. The van der Waals surface area contributed by atoms with Crippen molar-refractivity contribution in [3.8, 4) is 0 Å². The van der Waals surface area contributed by atoms with Gasteiger partial charge in [-0.25, -0.2) is 13.2 Å². The number of anilines is 1. The lowest BCUT2D eigenvalue weighted by molar-refractivity contribution is -0.119. The number of ether oxygens (including phenoxy) is 1. The Balaban J connectivity index is 1.98. The molecule has 0 unspecified atom stereocenters. The van der Waals surface area contributed by atoms with Gasteiger partial charge >= 0.3 is 5.97 Å². The normalized spacial score (nSPS) is 11.0. The zero-order chi connectivity index (χ0) is 18.4. The smallest absolute Gasteiger partial charge is 0.339 e. The van der Waals surface area contributed by atoms with Crippen molar-refractivity contribution in [3.05, 3.63) is 54.1 Å². The van der Waals surface area contributed by atoms with E-state index in [4.69, 9.17) is 4.74 Å². The van der Waals surface area contributed by atoms with Crippen molar-refractivity contribution in [2.24, 2.45) is 0 Å². The minimum atomic E-state index is -3.37. The van der Waals surface area contributed by atoms with E-state index in [0.717, 1.165) is 11.2 Å². The summed E-state index contributed by atoms with van der Waals surface area (Å²) >= 11 is 1.41. The highest BCUT2D eigenvalue weighted by molar-refractivity contribution is 7.98. The number of hydrogen-bond acceptors (Lipinski definition) is 6. The van der Waals surface area contributed by atoms with Gasteiger partial charge in [-0.05, 0) is 36.6 Å². The van der Waals surface area contributed by atoms with Gasteiger partial charge in [0, 0.05) is 16.8 Å². The first-order valence-corrected chi connectivity index (χ1v) is 10.3. The Morgan fingerprint density at radius 2 is 1.84 bits per heavy atom. The monoisotopic (exact) mass is 379 g/mol. The van der Waals surface area contributed by atoms with Crippen molar-refractivity contribution in [1.82, 2.24) is 0 Å². The summed E-state index contributed by atoms with van der Waals surface area (Å²) in [4.78, 5) is 24.8. The van der Waals surface area contributed by atoms with Crippen LogP contribution in [0.3, 0.4) is 0 Å². The van der Waals surface area contributed by atoms with E-state index in [0.29, 0.717) is 11.3 Å². The second-order valence-corrected chi connectivity index (χ2v) is 7.99. The number of nitrogens with one attached hydrogen (secondary N) is 1. The Bertz CT molecular complexity index is 893. The largest absolute Gasteiger partial charge is 0.452 e. The Hall–Kier alpha value is -2.32. The van der Waals surface area contributed by atoms with Crippen molar-refractivity contribution in [2.45, 2.75) is 9.79 Å². The Kier molecular flexibility index (Phi) is 6.22. The summed E-state index contributed by atoms with van der Waals surface area (Å²) in [6.45, 7) is -0.468. The molecule has 1 amide bonds. The zero-order valence-corrected chi connectivity index (χ0v) is 15.3. The molecule has 0 saturated heterocycles. The standard InChI is InChI=1S/C17H17NO5S2/c1-24-15-9-4-3-8-14(15)17(20)23-11-16(19)18-12-6-5-7-13(10-12)25(2,21)22/h3-10H,11H2,1-2H3,(H,18,19). The van der Waals surface area contributed by atoms with E-state index in [1.54, 1.807) is 24.3 Å². The minimum absolute atomic E-state index is 0.0937. The van der Waals surface area contributed by atoms with Crippen molar-refractivity contribution < 1.29 is 22.7 Å². The molecule has 25 heavy (non-hydrogen) atoms. The first-order valence-electron chi connectivity index (χ1n) is 7.21. The molecule has 6 nitrogen and oxygen atoms in total. The van der Waals surface area contributed by atoms with Gasteiger partial charge in [-0.15, -0.1) is 11.8 Å². The SMILES string of the molecule is CSc1ccccc1C(=O)OCC(=O)Nc1cccc(S(C)(=O)=O)c1. The molecule has 0 aliphatic rings. The molecule has 2 aromatic rings. The molecule has 0 aliphatic heterocycles. The van der Waals surface area contributed by atoms with Gasteiger partial charge in [0.1, 0.15) is 0 Å². The van der Waals surface area contributed by atoms with Crippen molar-refractivity contribution >= 4 is 39.2 Å². The number of amides is 1. The molecule has 0 spiro atoms. The van der Waals surface area contributed by atoms with Crippen molar-refractivity contribution in [1.29, 1.82) is 0 Å². The van der Waals surface area contributed by atoms with E-state index < -0.39 is 28.3 Å². The van der Waals surface area contributed by atoms with E-state index in [1.165, 1.54) is 30.0 Å². The molecule has 2 rings (SSSR count). The van der Waals surface area contributed by atoms with Gasteiger partial charge in [-0.1, -0.05) is 18.2 Å². The fourth-order valence-electron chi connectivity index (χ4n) is 2.02. The fourth-order valence-corrected chi connectivity index (χ4v) is 3.28. The van der Waals surface area contributed by atoms with Gasteiger partial charge in [0.05, 0.1) is 10.5 Å². The maximum Gasteiger partial charge on any atom is 0.339 e. The van der Waals surface area contributed by atoms with Crippen LogP contribution in [0, 0.1) is 0 Å². The molecule has 0 radical (unpaired) electrons. The average molecular weight is 379 g/mol. The molecule has 1 N–H and O–H groups in total. The van der Waals surface area contributed by atoms with Gasteiger partial charge in [0.15, 0.2) is 16.4 Å². The number of thioether (sulfide) groups is 1. The molecular weight excluding hydrogens is 362 g/mol. The van der Waals surface area contributed by atoms with Gasteiger partial charge in [0.25, 0.3) is 5.91 Å². The lowest BCUT2D eigenvalue weighted by Gasteiger charge is -2.09. The van der Waals surface area contributed by atoms with Crippen LogP contribution in [-0.4, -0.2) is 39.4 Å². The number of sulfone groups is 1. The second kappa shape index (κ2) is 8.17. The topological polar surface area (TPSA) is 89.5 Å². The Labute approximate surface area is 150 Å². The molecule has 2 aromatic carbocycles. The number of rotatable bonds is 6. The highest BCUT2D eigenvalue weighted by atomic mass is 32.2. The first-order chi connectivity index (χ1) is 11.8. The quantitative estimate of drug-likeness (QED) is 0.613. The lowest BCUT2D eigenvalue weighted by atomic mass is 10.2. The lowest BCUT2D eigenvalue weighted by Crippen LogP contribution is -2.21. The minimum Gasteiger partial charge on any atom is -0.452 e. The maximum atomic E-state index is 12.1. The van der Waals surface area contributed by atoms with Gasteiger partial charge < -0.3 is 10.1 Å². The third-order valence-corrected chi connectivity index (χ3v) is 5.11. The molecule has 0 aliphatic carbocycles. The molecule has 0 atom stereocenters. The summed E-state index contributed by atoms with van der Waals surface area (Å²) in [6, 6.07) is 12.8. The summed E-state index contributed by atoms with van der Waals surface area (Å²) in [5.74, 6) is -1.15. The van der Waals surface area contributed by atoms with Crippen LogP contribution >= 0.6 is 11.8 Å². The first kappa shape index (κ1) is 19.0. The van der Waals surface area contributed by atoms with E-state index in [-0.39, 0.29) is 4.90 Å². The highest BCUT2D eigenvalue weighted by Gasteiger charge is 2.14. The van der Waals surface area contributed by atoms with Crippen LogP contribution in [-0.2, 0) is 19.4 Å². The second-order valence-electron chi connectivity index (χ2n) is 5.12. The summed E-state index contributed by atoms with van der Waals surface area (Å²) < 4.78 is 28.1. The molecule has 0 fully saturated rings. The van der Waals surface area contributed by atoms with E-state index in [9.17, 15) is 18.0 Å². The van der Waals surface area contributed by atoms with Crippen molar-refractivity contribution in [3.63, 3.8) is 0 Å². The summed E-state index contributed by atoms with van der Waals surface area (Å²) in [6.07, 6.45) is 2.92. The van der Waals surface area contributed by atoms with Crippen LogP contribution in [0.25, 0.3) is 0 Å². The van der Waals surface area contributed by atoms with E-state index in [2.05, 4.69) is 5.32 Å². The Morgan fingerprint density at radius 1 is 1.12 bits per heavy atom. The molecule has 0 bridgehead atoms. The van der Waals surface area contributed by atoms with Crippen LogP contribution < -0.4 is 5.32 Å². The molecule has 0 heterocycles. The van der Waals surface area contributed by atoms with Crippen LogP contribution in [0.4, 0.5) is 5.69 Å². The van der Waals surface area contributed by atoms with Crippen LogP contribution in [0.15, 0.2) is 58.3 Å². The molecule has 0 saturated carbocycles. The number of esters is 1.